The van der Waals surface area contributed by atoms with E-state index in [1.165, 1.54) is 17.6 Å². The molecule has 0 heterocycles. The van der Waals surface area contributed by atoms with Crippen LogP contribution in [0.15, 0.2) is 54.6 Å². The maximum Gasteiger partial charge on any atom is 0.275 e. The minimum Gasteiger partial charge on any atom is -0.322 e. The Bertz CT molecular complexity index is 597. The molecule has 0 unspecified atom stereocenters. The third kappa shape index (κ3) is 2.97. The molecule has 2 amide bonds. The van der Waals surface area contributed by atoms with Crippen LogP contribution in [0.3, 0.4) is 0 Å². The Labute approximate surface area is 109 Å². The Morgan fingerprint density at radius 2 is 1.32 bits per heavy atom. The minimum absolute atomic E-state index is 0.110. The third-order valence-corrected chi connectivity index (χ3v) is 2.55. The lowest BCUT2D eigenvalue weighted by Gasteiger charge is -2.08. The van der Waals surface area contributed by atoms with Crippen molar-refractivity contribution in [2.24, 2.45) is 0 Å². The average Bonchev–Trinajstić information content (AvgIpc) is 2.47. The van der Waals surface area contributed by atoms with Crippen molar-refractivity contribution >= 4 is 17.5 Å². The van der Waals surface area contributed by atoms with Gasteiger partial charge in [0, 0.05) is 5.69 Å². The van der Waals surface area contributed by atoms with E-state index in [-0.39, 0.29) is 11.1 Å². The lowest BCUT2D eigenvalue weighted by atomic mass is 10.1. The second-order valence-corrected chi connectivity index (χ2v) is 3.81. The van der Waals surface area contributed by atoms with Gasteiger partial charge in [0.1, 0.15) is 0 Å². The molecule has 96 valence electrons. The molecule has 0 aliphatic carbocycles. The van der Waals surface area contributed by atoms with Crippen molar-refractivity contribution in [3.05, 3.63) is 65.7 Å². The van der Waals surface area contributed by atoms with Gasteiger partial charge in [-0.3, -0.25) is 14.8 Å². The van der Waals surface area contributed by atoms with Crippen LogP contribution in [0.2, 0.25) is 0 Å². The number of nitrogens with one attached hydrogen (secondary N) is 2. The fourth-order valence-corrected chi connectivity index (χ4v) is 1.66. The van der Waals surface area contributed by atoms with Crippen molar-refractivity contribution in [2.45, 2.75) is 0 Å². The quantitative estimate of drug-likeness (QED) is 0.581. The molecule has 0 saturated heterocycles. The van der Waals surface area contributed by atoms with Crippen LogP contribution < -0.4 is 10.8 Å². The Balaban J connectivity index is 2.27. The van der Waals surface area contributed by atoms with Crippen LogP contribution >= 0.6 is 0 Å². The number of carbonyl (C=O) groups excluding carboxylic acids is 2. The number of hydrogen-bond acceptors (Lipinski definition) is 3. The summed E-state index contributed by atoms with van der Waals surface area (Å²) in [5.74, 6) is -1.13. The zero-order chi connectivity index (χ0) is 13.7. The largest absolute Gasteiger partial charge is 0.322 e. The summed E-state index contributed by atoms with van der Waals surface area (Å²) in [5, 5.41) is 11.3. The SMILES string of the molecule is O=C(NO)c1ccccc1C(=O)Nc1ccccc1. The molecule has 19 heavy (non-hydrogen) atoms. The number of amides is 2. The first kappa shape index (κ1) is 12.8. The van der Waals surface area contributed by atoms with Crippen molar-refractivity contribution in [3.63, 3.8) is 0 Å². The number of carbonyl (C=O) groups is 2. The van der Waals surface area contributed by atoms with Gasteiger partial charge in [-0.2, -0.15) is 0 Å². The molecule has 0 aliphatic heterocycles. The van der Waals surface area contributed by atoms with Crippen LogP contribution in [0.25, 0.3) is 0 Å². The van der Waals surface area contributed by atoms with Gasteiger partial charge in [0.2, 0.25) is 0 Å². The van der Waals surface area contributed by atoms with Crippen molar-refractivity contribution in [2.75, 3.05) is 5.32 Å². The minimum atomic E-state index is -0.723. The molecule has 5 nitrogen and oxygen atoms in total. The van der Waals surface area contributed by atoms with Gasteiger partial charge in [-0.15, -0.1) is 0 Å². The second kappa shape index (κ2) is 5.79. The second-order valence-electron chi connectivity index (χ2n) is 3.81. The fraction of sp³-hybridized carbons (Fsp3) is 0. The summed E-state index contributed by atoms with van der Waals surface area (Å²) in [7, 11) is 0. The Kier molecular flexibility index (Phi) is 3.90. The Hall–Kier alpha value is -2.66. The first-order valence-electron chi connectivity index (χ1n) is 5.62. The molecular formula is C14H12N2O3. The Morgan fingerprint density at radius 3 is 1.89 bits per heavy atom. The summed E-state index contributed by atoms with van der Waals surface area (Å²) >= 11 is 0. The number of hydroxylamine groups is 1. The van der Waals surface area contributed by atoms with Gasteiger partial charge in [-0.25, -0.2) is 5.48 Å². The molecule has 3 N–H and O–H groups in total. The fourth-order valence-electron chi connectivity index (χ4n) is 1.66. The average molecular weight is 256 g/mol. The zero-order valence-corrected chi connectivity index (χ0v) is 9.96. The molecule has 0 spiro atoms. The number of para-hydroxylation sites is 1. The topological polar surface area (TPSA) is 78.4 Å². The third-order valence-electron chi connectivity index (χ3n) is 2.55. The van der Waals surface area contributed by atoms with Gasteiger partial charge in [0.15, 0.2) is 0 Å². The van der Waals surface area contributed by atoms with E-state index in [4.69, 9.17) is 5.21 Å². The van der Waals surface area contributed by atoms with Gasteiger partial charge in [-0.05, 0) is 24.3 Å². The van der Waals surface area contributed by atoms with Gasteiger partial charge in [0.25, 0.3) is 11.8 Å². The van der Waals surface area contributed by atoms with Crippen LogP contribution in [-0.4, -0.2) is 17.0 Å². The summed E-state index contributed by atoms with van der Waals surface area (Å²) in [4.78, 5) is 23.5. The maximum atomic E-state index is 12.1. The highest BCUT2D eigenvalue weighted by Crippen LogP contribution is 2.12. The normalized spacial score (nSPS) is 9.74. The predicted octanol–water partition coefficient (Wildman–Crippen LogP) is 2.06. The molecule has 5 heteroatoms. The number of hydrogen-bond donors (Lipinski definition) is 3. The number of anilines is 1. The van der Waals surface area contributed by atoms with E-state index in [0.717, 1.165) is 0 Å². The molecular weight excluding hydrogens is 244 g/mol. The first-order valence-corrected chi connectivity index (χ1v) is 5.62. The molecule has 0 aromatic heterocycles. The molecule has 2 rings (SSSR count). The summed E-state index contributed by atoms with van der Waals surface area (Å²) in [6, 6.07) is 15.2. The van der Waals surface area contributed by atoms with Gasteiger partial charge >= 0.3 is 0 Å². The van der Waals surface area contributed by atoms with Gasteiger partial charge < -0.3 is 5.32 Å². The molecule has 0 saturated carbocycles. The molecule has 2 aromatic rings. The van der Waals surface area contributed by atoms with Crippen LogP contribution in [0, 0.1) is 0 Å². The van der Waals surface area contributed by atoms with Crippen molar-refractivity contribution in [1.82, 2.24) is 5.48 Å². The highest BCUT2D eigenvalue weighted by atomic mass is 16.5. The number of benzene rings is 2. The monoisotopic (exact) mass is 256 g/mol. The zero-order valence-electron chi connectivity index (χ0n) is 9.96. The smallest absolute Gasteiger partial charge is 0.275 e. The highest BCUT2D eigenvalue weighted by Gasteiger charge is 2.15. The Morgan fingerprint density at radius 1 is 0.789 bits per heavy atom. The highest BCUT2D eigenvalue weighted by molar-refractivity contribution is 6.11. The molecule has 0 radical (unpaired) electrons. The van der Waals surface area contributed by atoms with Crippen LogP contribution in [-0.2, 0) is 0 Å². The lowest BCUT2D eigenvalue weighted by Crippen LogP contribution is -2.23. The predicted molar refractivity (Wildman–Crippen MR) is 70.1 cm³/mol. The molecule has 2 aromatic carbocycles. The maximum absolute atomic E-state index is 12.1. The van der Waals surface area contributed by atoms with E-state index >= 15 is 0 Å². The molecule has 0 aliphatic rings. The van der Waals surface area contributed by atoms with Crippen LogP contribution in [0.4, 0.5) is 5.69 Å². The van der Waals surface area contributed by atoms with E-state index in [0.29, 0.717) is 5.69 Å². The summed E-state index contributed by atoms with van der Waals surface area (Å²) in [6.45, 7) is 0. The van der Waals surface area contributed by atoms with Gasteiger partial charge in [0.05, 0.1) is 11.1 Å². The summed E-state index contributed by atoms with van der Waals surface area (Å²) in [6.07, 6.45) is 0. The number of rotatable bonds is 3. The van der Waals surface area contributed by atoms with E-state index in [1.807, 2.05) is 6.07 Å². The standard InChI is InChI=1S/C14H12N2O3/c17-13(15-10-6-2-1-3-7-10)11-8-4-5-9-12(11)14(18)16-19/h1-9,19H,(H,15,17)(H,16,18). The van der Waals surface area contributed by atoms with Crippen molar-refractivity contribution < 1.29 is 14.8 Å². The first-order chi connectivity index (χ1) is 9.22. The van der Waals surface area contributed by atoms with Crippen molar-refractivity contribution in [3.8, 4) is 0 Å². The van der Waals surface area contributed by atoms with E-state index in [1.54, 1.807) is 36.4 Å². The van der Waals surface area contributed by atoms with Gasteiger partial charge in [-0.1, -0.05) is 30.3 Å². The molecule has 0 bridgehead atoms. The molecule has 0 fully saturated rings. The van der Waals surface area contributed by atoms with Crippen LogP contribution in [0.5, 0.6) is 0 Å². The van der Waals surface area contributed by atoms with E-state index < -0.39 is 11.8 Å². The van der Waals surface area contributed by atoms with E-state index in [9.17, 15) is 9.59 Å². The summed E-state index contributed by atoms with van der Waals surface area (Å²) in [5.41, 5.74) is 2.45. The molecule has 0 atom stereocenters. The summed E-state index contributed by atoms with van der Waals surface area (Å²) < 4.78 is 0. The lowest BCUT2D eigenvalue weighted by molar-refractivity contribution is 0.0703. The van der Waals surface area contributed by atoms with Crippen LogP contribution in [0.1, 0.15) is 20.7 Å². The van der Waals surface area contributed by atoms with E-state index in [2.05, 4.69) is 5.32 Å². The van der Waals surface area contributed by atoms with Crippen molar-refractivity contribution in [1.29, 1.82) is 0 Å².